The molecular weight excluding hydrogens is 380 g/mol. The summed E-state index contributed by atoms with van der Waals surface area (Å²) >= 11 is 0. The molecule has 0 aliphatic rings. The molecule has 0 atom stereocenters. The van der Waals surface area contributed by atoms with Gasteiger partial charge in [0.2, 0.25) is 0 Å². The van der Waals surface area contributed by atoms with Crippen LogP contribution in [0.5, 0.6) is 0 Å². The number of aryl methyl sites for hydroxylation is 2. The average Bonchev–Trinajstić information content (AvgIpc) is 2.57. The lowest BCUT2D eigenvalue weighted by Crippen LogP contribution is -2.36. The van der Waals surface area contributed by atoms with Crippen molar-refractivity contribution in [1.29, 1.82) is 0 Å². The third kappa shape index (κ3) is 7.83. The lowest BCUT2D eigenvalue weighted by Gasteiger charge is -2.03. The molecule has 0 N–H and O–H groups in total. The molecule has 0 saturated carbocycles. The summed E-state index contributed by atoms with van der Waals surface area (Å²) < 4.78 is 66.9. The van der Waals surface area contributed by atoms with Gasteiger partial charge in [0.05, 0.1) is 11.5 Å². The minimum atomic E-state index is -4.23. The Hall–Kier alpha value is -2.14. The smallest absolute Gasteiger partial charge is 0.169 e. The minimum Gasteiger partial charge on any atom is -0.748 e. The summed E-state index contributed by atoms with van der Waals surface area (Å²) in [6.45, 7) is 0.210. The number of pyridine rings is 2. The quantitative estimate of drug-likeness (QED) is 0.437. The second kappa shape index (κ2) is 8.49. The average molecular weight is 398 g/mol. The highest BCUT2D eigenvalue weighted by molar-refractivity contribution is 7.85. The topological polar surface area (TPSA) is 122 Å². The predicted molar refractivity (Wildman–Crippen MR) is 91.3 cm³/mol. The molecule has 140 valence electrons. The zero-order valence-electron chi connectivity index (χ0n) is 13.8. The van der Waals surface area contributed by atoms with E-state index in [1.807, 2.05) is 12.2 Å². The maximum Gasteiger partial charge on any atom is 0.169 e. The van der Waals surface area contributed by atoms with E-state index in [0.29, 0.717) is 0 Å². The number of nitrogens with zero attached hydrogens (tertiary/aromatic N) is 2. The van der Waals surface area contributed by atoms with Crippen molar-refractivity contribution in [3.8, 4) is 0 Å². The maximum absolute atomic E-state index is 10.6. The molecule has 2 aromatic heterocycles. The van der Waals surface area contributed by atoms with Crippen molar-refractivity contribution in [2.24, 2.45) is 0 Å². The summed E-state index contributed by atoms with van der Waals surface area (Å²) in [5.74, 6) is -0.908. The molecule has 26 heavy (non-hydrogen) atoms. The van der Waals surface area contributed by atoms with Crippen LogP contribution in [-0.4, -0.2) is 37.4 Å². The van der Waals surface area contributed by atoms with Crippen LogP contribution in [0.2, 0.25) is 0 Å². The zero-order chi connectivity index (χ0) is 19.2. The van der Waals surface area contributed by atoms with Gasteiger partial charge in [0.1, 0.15) is 20.2 Å². The Balaban J connectivity index is 1.94. The Morgan fingerprint density at radius 2 is 1.00 bits per heavy atom. The fourth-order valence-electron chi connectivity index (χ4n) is 2.08. The van der Waals surface area contributed by atoms with Crippen molar-refractivity contribution in [3.63, 3.8) is 0 Å². The van der Waals surface area contributed by atoms with Gasteiger partial charge in [-0.3, -0.25) is 0 Å². The Kier molecular flexibility index (Phi) is 6.59. The molecule has 0 unspecified atom stereocenters. The van der Waals surface area contributed by atoms with Gasteiger partial charge in [-0.25, -0.2) is 26.0 Å². The van der Waals surface area contributed by atoms with E-state index in [0.717, 1.165) is 11.1 Å². The monoisotopic (exact) mass is 398 g/mol. The van der Waals surface area contributed by atoms with Crippen molar-refractivity contribution in [2.75, 3.05) is 11.5 Å². The van der Waals surface area contributed by atoms with Gasteiger partial charge in [-0.2, -0.15) is 0 Å². The van der Waals surface area contributed by atoms with Gasteiger partial charge in [0, 0.05) is 24.3 Å². The zero-order valence-corrected chi connectivity index (χ0v) is 15.4. The summed E-state index contributed by atoms with van der Waals surface area (Å²) in [4.78, 5) is 0. The summed E-state index contributed by atoms with van der Waals surface area (Å²) in [7, 11) is -8.46. The molecule has 2 aromatic rings. The summed E-state index contributed by atoms with van der Waals surface area (Å²) in [6.07, 6.45) is 10.5. The third-order valence-electron chi connectivity index (χ3n) is 3.50. The standard InChI is InChI=1S/C16H18N2O6S2/c19-25(20,21)13-11-17-7-3-15(4-8-17)1-2-16-5-9-18(10-6-16)12-14-26(22,23)24/h1-10H,11-14H2/b2-1+. The molecule has 0 aliphatic heterocycles. The number of hydrogen-bond acceptors (Lipinski definition) is 6. The van der Waals surface area contributed by atoms with Crippen LogP contribution in [0.1, 0.15) is 11.1 Å². The van der Waals surface area contributed by atoms with Crippen LogP contribution in [-0.2, 0) is 33.3 Å². The predicted octanol–water partition coefficient (Wildman–Crippen LogP) is -0.478. The Labute approximate surface area is 152 Å². The molecule has 2 heterocycles. The van der Waals surface area contributed by atoms with Gasteiger partial charge in [-0.15, -0.1) is 0 Å². The first-order valence-electron chi connectivity index (χ1n) is 7.64. The lowest BCUT2D eigenvalue weighted by atomic mass is 10.2. The van der Waals surface area contributed by atoms with Gasteiger partial charge in [0.25, 0.3) is 0 Å². The highest BCUT2D eigenvalue weighted by Gasteiger charge is 2.04. The molecule has 0 saturated heterocycles. The second-order valence-corrected chi connectivity index (χ2v) is 8.64. The van der Waals surface area contributed by atoms with E-state index in [1.54, 1.807) is 58.2 Å². The van der Waals surface area contributed by atoms with Crippen LogP contribution in [0.4, 0.5) is 0 Å². The van der Waals surface area contributed by atoms with E-state index in [-0.39, 0.29) is 13.1 Å². The second-order valence-electron chi connectivity index (χ2n) is 5.60. The van der Waals surface area contributed by atoms with Crippen molar-refractivity contribution < 1.29 is 35.1 Å². The third-order valence-corrected chi connectivity index (χ3v) is 4.87. The fraction of sp³-hybridized carbons (Fsp3) is 0.250. The molecule has 0 aromatic carbocycles. The Morgan fingerprint density at radius 3 is 1.27 bits per heavy atom. The van der Waals surface area contributed by atoms with Crippen molar-refractivity contribution in [1.82, 2.24) is 0 Å². The van der Waals surface area contributed by atoms with Gasteiger partial charge in [-0.05, 0) is 11.1 Å². The molecule has 0 bridgehead atoms. The normalized spacial score (nSPS) is 12.5. The molecule has 10 heteroatoms. The molecule has 0 radical (unpaired) electrons. The van der Waals surface area contributed by atoms with E-state index < -0.39 is 31.7 Å². The van der Waals surface area contributed by atoms with E-state index in [2.05, 4.69) is 0 Å². The van der Waals surface area contributed by atoms with Gasteiger partial charge < -0.3 is 9.11 Å². The van der Waals surface area contributed by atoms with Crippen molar-refractivity contribution in [2.45, 2.75) is 13.1 Å². The van der Waals surface area contributed by atoms with E-state index in [9.17, 15) is 25.9 Å². The molecule has 8 nitrogen and oxygen atoms in total. The van der Waals surface area contributed by atoms with E-state index in [4.69, 9.17) is 0 Å². The molecule has 2 rings (SSSR count). The molecular formula is C16H18N2O6S2. The number of aromatic nitrogens is 2. The molecule has 0 amide bonds. The highest BCUT2D eigenvalue weighted by Crippen LogP contribution is 2.05. The van der Waals surface area contributed by atoms with Gasteiger partial charge >= 0.3 is 0 Å². The van der Waals surface area contributed by atoms with Crippen molar-refractivity contribution >= 4 is 32.4 Å². The maximum atomic E-state index is 10.6. The molecule has 0 aliphatic carbocycles. The van der Waals surface area contributed by atoms with Crippen LogP contribution in [0.25, 0.3) is 12.2 Å². The highest BCUT2D eigenvalue weighted by atomic mass is 32.2. The SMILES string of the molecule is O=S(=O)([O-])CC[n+]1ccc(/C=C/c2cc[n+](CCS(=O)(=O)[O-])cc2)cc1. The Bertz CT molecular complexity index is 885. The summed E-state index contributed by atoms with van der Waals surface area (Å²) in [5.41, 5.74) is 1.78. The minimum absolute atomic E-state index is 0.105. The van der Waals surface area contributed by atoms with Crippen LogP contribution in [0.3, 0.4) is 0 Å². The largest absolute Gasteiger partial charge is 0.748 e. The first kappa shape index (κ1) is 20.2. The van der Waals surface area contributed by atoms with Crippen LogP contribution >= 0.6 is 0 Å². The molecule has 0 fully saturated rings. The van der Waals surface area contributed by atoms with Crippen LogP contribution in [0, 0.1) is 0 Å². The summed E-state index contributed by atoms with van der Waals surface area (Å²) in [6, 6.07) is 7.15. The van der Waals surface area contributed by atoms with E-state index in [1.165, 1.54) is 0 Å². The number of hydrogen-bond donors (Lipinski definition) is 0. The molecule has 0 spiro atoms. The van der Waals surface area contributed by atoms with Crippen molar-refractivity contribution in [3.05, 3.63) is 60.2 Å². The van der Waals surface area contributed by atoms with E-state index >= 15 is 0 Å². The van der Waals surface area contributed by atoms with Crippen LogP contribution < -0.4 is 9.13 Å². The Morgan fingerprint density at radius 1 is 0.692 bits per heavy atom. The first-order chi connectivity index (χ1) is 12.1. The lowest BCUT2D eigenvalue weighted by molar-refractivity contribution is -0.692. The first-order valence-corrected chi connectivity index (χ1v) is 10.8. The van der Waals surface area contributed by atoms with Crippen LogP contribution in [0.15, 0.2) is 49.1 Å². The number of rotatable bonds is 8. The fourth-order valence-corrected chi connectivity index (χ4v) is 2.95. The summed E-state index contributed by atoms with van der Waals surface area (Å²) in [5, 5.41) is 0. The van der Waals surface area contributed by atoms with Gasteiger partial charge in [-0.1, -0.05) is 12.2 Å². The van der Waals surface area contributed by atoms with Gasteiger partial charge in [0.15, 0.2) is 37.9 Å².